The predicted octanol–water partition coefficient (Wildman–Crippen LogP) is 4.96. The van der Waals surface area contributed by atoms with Crippen LogP contribution in [-0.2, 0) is 6.54 Å². The number of rotatable bonds is 4. The van der Waals surface area contributed by atoms with Crippen molar-refractivity contribution in [3.8, 4) is 0 Å². The van der Waals surface area contributed by atoms with Crippen LogP contribution in [0.5, 0.6) is 0 Å². The Labute approximate surface area is 134 Å². The molecular weight excluding hydrogens is 390 g/mol. The maximum Gasteiger partial charge on any atom is 0.0762 e. The van der Waals surface area contributed by atoms with Crippen LogP contribution in [0.25, 0.3) is 0 Å². The zero-order valence-corrected chi connectivity index (χ0v) is 14.7. The topological polar surface area (TPSA) is 23.5 Å². The largest absolute Gasteiger partial charge is 0.389 e. The van der Waals surface area contributed by atoms with E-state index in [1.165, 1.54) is 5.56 Å². The van der Waals surface area contributed by atoms with E-state index in [-0.39, 0.29) is 0 Å². The summed E-state index contributed by atoms with van der Waals surface area (Å²) >= 11 is 8.75. The summed E-state index contributed by atoms with van der Waals surface area (Å²) in [5.41, 5.74) is 3.32. The van der Waals surface area contributed by atoms with Crippen molar-refractivity contribution in [2.45, 2.75) is 19.6 Å². The molecule has 1 heterocycles. The minimum absolute atomic E-state index is 0.441. The van der Waals surface area contributed by atoms with E-state index < -0.39 is 6.10 Å². The first-order chi connectivity index (χ1) is 8.97. The van der Waals surface area contributed by atoms with Gasteiger partial charge in [0.25, 0.3) is 0 Å². The fraction of sp³-hybridized carbons (Fsp3) is 0.286. The van der Waals surface area contributed by atoms with Crippen LogP contribution in [0.1, 0.15) is 24.2 Å². The summed E-state index contributed by atoms with van der Waals surface area (Å²) in [5.74, 6) is 0. The Morgan fingerprint density at radius 1 is 1.32 bits per heavy atom. The smallest absolute Gasteiger partial charge is 0.0762 e. The van der Waals surface area contributed by atoms with Gasteiger partial charge in [-0.1, -0.05) is 6.07 Å². The van der Waals surface area contributed by atoms with Crippen LogP contribution in [0, 0.1) is 0 Å². The Bertz CT molecular complexity index is 568. The molecule has 0 bridgehead atoms. The number of aliphatic hydroxyl groups is 1. The van der Waals surface area contributed by atoms with Crippen molar-refractivity contribution in [1.29, 1.82) is 0 Å². The van der Waals surface area contributed by atoms with Gasteiger partial charge in [0.1, 0.15) is 0 Å². The molecule has 5 heteroatoms. The van der Waals surface area contributed by atoms with E-state index in [2.05, 4.69) is 55.3 Å². The van der Waals surface area contributed by atoms with Gasteiger partial charge in [-0.05, 0) is 73.5 Å². The van der Waals surface area contributed by atoms with Gasteiger partial charge in [-0.25, -0.2) is 0 Å². The van der Waals surface area contributed by atoms with E-state index in [0.29, 0.717) is 0 Å². The summed E-state index contributed by atoms with van der Waals surface area (Å²) in [6.07, 6.45) is -0.441. The fourth-order valence-electron chi connectivity index (χ4n) is 1.88. The van der Waals surface area contributed by atoms with E-state index in [1.807, 2.05) is 18.2 Å². The lowest BCUT2D eigenvalue weighted by atomic mass is 10.1. The second kappa shape index (κ2) is 6.39. The van der Waals surface area contributed by atoms with E-state index in [4.69, 9.17) is 0 Å². The van der Waals surface area contributed by atoms with Crippen LogP contribution in [-0.4, -0.2) is 12.2 Å². The Morgan fingerprint density at radius 3 is 2.58 bits per heavy atom. The first-order valence-electron chi connectivity index (χ1n) is 5.89. The van der Waals surface area contributed by atoms with Crippen molar-refractivity contribution in [3.63, 3.8) is 0 Å². The van der Waals surface area contributed by atoms with Crippen molar-refractivity contribution in [3.05, 3.63) is 49.0 Å². The maximum absolute atomic E-state index is 9.58. The number of thiophene rings is 1. The second-order valence-corrected chi connectivity index (χ2v) is 7.65. The minimum Gasteiger partial charge on any atom is -0.389 e. The van der Waals surface area contributed by atoms with Crippen molar-refractivity contribution in [2.24, 2.45) is 0 Å². The van der Waals surface area contributed by atoms with E-state index in [0.717, 1.165) is 26.1 Å². The molecule has 19 heavy (non-hydrogen) atoms. The fourth-order valence-corrected chi connectivity index (χ4v) is 3.78. The third-order valence-corrected chi connectivity index (χ3v) is 5.10. The molecule has 1 unspecified atom stereocenters. The highest BCUT2D eigenvalue weighted by atomic mass is 79.9. The number of benzene rings is 1. The van der Waals surface area contributed by atoms with E-state index >= 15 is 0 Å². The molecule has 0 amide bonds. The summed E-state index contributed by atoms with van der Waals surface area (Å²) in [6, 6.07) is 8.11. The van der Waals surface area contributed by atoms with Crippen LogP contribution in [0.4, 0.5) is 5.69 Å². The predicted molar refractivity (Wildman–Crippen MR) is 88.9 cm³/mol. The zero-order valence-electron chi connectivity index (χ0n) is 10.7. The average molecular weight is 405 g/mol. The van der Waals surface area contributed by atoms with E-state index in [9.17, 15) is 5.11 Å². The number of aliphatic hydroxyl groups excluding tert-OH is 1. The quantitative estimate of drug-likeness (QED) is 0.777. The molecule has 1 atom stereocenters. The van der Waals surface area contributed by atoms with Crippen molar-refractivity contribution in [1.82, 2.24) is 0 Å². The lowest BCUT2D eigenvalue weighted by Gasteiger charge is -2.21. The Hall–Kier alpha value is -0.360. The molecule has 2 rings (SSSR count). The Morgan fingerprint density at radius 2 is 2.05 bits per heavy atom. The van der Waals surface area contributed by atoms with Crippen molar-refractivity contribution in [2.75, 3.05) is 11.9 Å². The highest BCUT2D eigenvalue weighted by molar-refractivity contribution is 9.11. The molecule has 102 valence electrons. The molecule has 0 radical (unpaired) electrons. The SMILES string of the molecule is CC(O)c1ccc(N(C)Cc2csc(Br)c2)c(Br)c1. The van der Waals surface area contributed by atoms with Gasteiger partial charge in [0.05, 0.1) is 15.6 Å². The first kappa shape index (κ1) is 15.0. The molecule has 1 aromatic heterocycles. The second-order valence-electron chi connectivity index (χ2n) is 4.50. The molecule has 1 N–H and O–H groups in total. The maximum atomic E-state index is 9.58. The number of nitrogens with zero attached hydrogens (tertiary/aromatic N) is 1. The number of anilines is 1. The van der Waals surface area contributed by atoms with Crippen LogP contribution >= 0.6 is 43.2 Å². The lowest BCUT2D eigenvalue weighted by molar-refractivity contribution is 0.199. The van der Waals surface area contributed by atoms with E-state index in [1.54, 1.807) is 18.3 Å². The molecule has 0 aliphatic carbocycles. The molecule has 0 saturated carbocycles. The highest BCUT2D eigenvalue weighted by Crippen LogP contribution is 2.30. The van der Waals surface area contributed by atoms with Gasteiger partial charge in [0.2, 0.25) is 0 Å². The molecule has 1 aromatic carbocycles. The molecule has 0 fully saturated rings. The molecule has 0 spiro atoms. The summed E-state index contributed by atoms with van der Waals surface area (Å²) in [5, 5.41) is 11.7. The third-order valence-electron chi connectivity index (χ3n) is 2.91. The highest BCUT2D eigenvalue weighted by Gasteiger charge is 2.10. The van der Waals surface area contributed by atoms with Crippen LogP contribution in [0.3, 0.4) is 0 Å². The molecule has 2 nitrogen and oxygen atoms in total. The van der Waals surface area contributed by atoms with Gasteiger partial charge in [0, 0.05) is 18.1 Å². The normalized spacial score (nSPS) is 12.5. The molecule has 0 saturated heterocycles. The van der Waals surface area contributed by atoms with Gasteiger partial charge in [-0.2, -0.15) is 0 Å². The Kier molecular flexibility index (Phi) is 5.06. The van der Waals surface area contributed by atoms with Gasteiger partial charge in [-0.15, -0.1) is 11.3 Å². The minimum atomic E-state index is -0.441. The third kappa shape index (κ3) is 3.81. The van der Waals surface area contributed by atoms with Crippen LogP contribution in [0.15, 0.2) is 37.9 Å². The van der Waals surface area contributed by atoms with Gasteiger partial charge < -0.3 is 10.0 Å². The molecular formula is C14H15Br2NOS. The van der Waals surface area contributed by atoms with Gasteiger partial charge >= 0.3 is 0 Å². The summed E-state index contributed by atoms with van der Waals surface area (Å²) in [6.45, 7) is 2.63. The first-order valence-corrected chi connectivity index (χ1v) is 8.35. The van der Waals surface area contributed by atoms with Crippen LogP contribution < -0.4 is 4.90 Å². The lowest BCUT2D eigenvalue weighted by Crippen LogP contribution is -2.16. The molecule has 2 aromatic rings. The number of halogens is 2. The zero-order chi connectivity index (χ0) is 14.0. The van der Waals surface area contributed by atoms with Gasteiger partial charge in [0.15, 0.2) is 0 Å². The van der Waals surface area contributed by atoms with Gasteiger partial charge in [-0.3, -0.25) is 0 Å². The number of hydrogen-bond acceptors (Lipinski definition) is 3. The number of hydrogen-bond donors (Lipinski definition) is 1. The standard InChI is InChI=1S/C14H15Br2NOS/c1-9(18)11-3-4-13(12(15)6-11)17(2)7-10-5-14(16)19-8-10/h3-6,8-9,18H,7H2,1-2H3. The monoisotopic (exact) mass is 403 g/mol. The van der Waals surface area contributed by atoms with Crippen LogP contribution in [0.2, 0.25) is 0 Å². The summed E-state index contributed by atoms with van der Waals surface area (Å²) < 4.78 is 2.15. The molecule has 0 aliphatic rings. The van der Waals surface area contributed by atoms with Crippen molar-refractivity contribution >= 4 is 48.9 Å². The Balaban J connectivity index is 2.17. The summed E-state index contributed by atoms with van der Waals surface area (Å²) in [7, 11) is 2.06. The van der Waals surface area contributed by atoms with Crippen molar-refractivity contribution < 1.29 is 5.11 Å². The summed E-state index contributed by atoms with van der Waals surface area (Å²) in [4.78, 5) is 2.18. The molecule has 0 aliphatic heterocycles. The average Bonchev–Trinajstić information content (AvgIpc) is 2.74.